The fourth-order valence-electron chi connectivity index (χ4n) is 0.779. The maximum Gasteiger partial charge on any atom is 0.341 e. The lowest BCUT2D eigenvalue weighted by molar-refractivity contribution is 0.329. The summed E-state index contributed by atoms with van der Waals surface area (Å²) >= 11 is 0. The van der Waals surface area contributed by atoms with Crippen molar-refractivity contribution in [2.45, 2.75) is 19.4 Å². The quantitative estimate of drug-likeness (QED) is 0.543. The summed E-state index contributed by atoms with van der Waals surface area (Å²) in [6, 6.07) is -0.00463. The summed E-state index contributed by atoms with van der Waals surface area (Å²) in [4.78, 5) is 0. The number of nitrogens with zero attached hydrogens (tertiary/aromatic N) is 1. The first-order valence-electron chi connectivity index (χ1n) is 3.01. The van der Waals surface area contributed by atoms with Crippen molar-refractivity contribution in [2.75, 3.05) is 6.61 Å². The summed E-state index contributed by atoms with van der Waals surface area (Å²) in [5.41, 5.74) is 0. The molecule has 1 saturated heterocycles. The monoisotopic (exact) mass is 183 g/mol. The van der Waals surface area contributed by atoms with Gasteiger partial charge < -0.3 is 0 Å². The molecule has 0 aromatic rings. The number of hydrogen-bond donors (Lipinski definition) is 0. The predicted molar refractivity (Wildman–Crippen MR) is 40.5 cm³/mol. The zero-order valence-electron chi connectivity index (χ0n) is 5.65. The lowest BCUT2D eigenvalue weighted by Gasteiger charge is -2.11. The van der Waals surface area contributed by atoms with Crippen LogP contribution in [0.3, 0.4) is 0 Å². The van der Waals surface area contributed by atoms with Crippen molar-refractivity contribution >= 4 is 19.7 Å². The third-order valence-corrected chi connectivity index (χ3v) is 3.94. The topological polar surface area (TPSA) is 46.6 Å². The van der Waals surface area contributed by atoms with Crippen LogP contribution in [0.1, 0.15) is 13.3 Å². The van der Waals surface area contributed by atoms with Crippen LogP contribution < -0.4 is 0 Å². The minimum atomic E-state index is -3.39. The minimum Gasteiger partial charge on any atom is -0.256 e. The second kappa shape index (κ2) is 2.74. The number of hydrogen-bond acceptors (Lipinski definition) is 3. The fraction of sp³-hybridized carbons (Fsp3) is 1.00. The predicted octanol–water partition coefficient (Wildman–Crippen LogP) is 0.132. The lowest BCUT2D eigenvalue weighted by Crippen LogP contribution is -2.23. The Morgan fingerprint density at radius 1 is 1.80 bits per heavy atom. The van der Waals surface area contributed by atoms with Gasteiger partial charge in [-0.05, 0) is 15.8 Å². The molecule has 0 aromatic heterocycles. The third-order valence-electron chi connectivity index (χ3n) is 1.50. The molecule has 60 valence electrons. The van der Waals surface area contributed by atoms with Gasteiger partial charge in [0.05, 0.1) is 12.6 Å². The van der Waals surface area contributed by atoms with Gasteiger partial charge in [0.2, 0.25) is 0 Å². The van der Waals surface area contributed by atoms with E-state index in [2.05, 4.69) is 13.6 Å². The molecule has 2 atom stereocenters. The van der Waals surface area contributed by atoms with E-state index >= 15 is 0 Å². The molecule has 0 aromatic carbocycles. The van der Waals surface area contributed by atoms with Crippen LogP contribution in [-0.2, 0) is 14.5 Å². The second-order valence-corrected chi connectivity index (χ2v) is 4.58. The van der Waals surface area contributed by atoms with E-state index in [1.54, 1.807) is 0 Å². The molecule has 4 nitrogen and oxygen atoms in total. The standard InChI is InChI=1S/C4H10NO3PS/c1-2-4-3-8-10(6,7)5(4)9/h4H,2-3,9H2,1H3/t4-/m1/s1. The molecule has 1 fully saturated rings. The van der Waals surface area contributed by atoms with E-state index in [9.17, 15) is 8.42 Å². The molecule has 1 aliphatic rings. The highest BCUT2D eigenvalue weighted by Crippen LogP contribution is 2.24. The first-order chi connectivity index (χ1) is 4.58. The molecule has 10 heavy (non-hydrogen) atoms. The van der Waals surface area contributed by atoms with E-state index in [1.165, 1.54) is 4.08 Å². The Labute approximate surface area is 63.1 Å². The van der Waals surface area contributed by atoms with E-state index in [1.807, 2.05) is 6.92 Å². The number of rotatable bonds is 1. The molecular formula is C4H10NO3PS. The van der Waals surface area contributed by atoms with Crippen molar-refractivity contribution in [3.63, 3.8) is 0 Å². The molecule has 0 spiro atoms. The first-order valence-corrected chi connectivity index (χ1v) is 4.89. The van der Waals surface area contributed by atoms with Crippen LogP contribution in [0.4, 0.5) is 0 Å². The summed E-state index contributed by atoms with van der Waals surface area (Å²) in [6.45, 7) is 2.20. The van der Waals surface area contributed by atoms with Gasteiger partial charge in [0, 0.05) is 0 Å². The van der Waals surface area contributed by atoms with Gasteiger partial charge in [-0.1, -0.05) is 6.92 Å². The van der Waals surface area contributed by atoms with Crippen LogP contribution in [0, 0.1) is 0 Å². The Kier molecular flexibility index (Phi) is 2.30. The summed E-state index contributed by atoms with van der Waals surface area (Å²) in [5.74, 6) is 0. The van der Waals surface area contributed by atoms with E-state index in [-0.39, 0.29) is 12.6 Å². The summed E-state index contributed by atoms with van der Waals surface area (Å²) < 4.78 is 27.3. The molecule has 0 N–H and O–H groups in total. The van der Waals surface area contributed by atoms with Gasteiger partial charge in [-0.15, -0.1) is 0 Å². The van der Waals surface area contributed by atoms with Crippen molar-refractivity contribution in [3.8, 4) is 0 Å². The molecule has 0 saturated carbocycles. The van der Waals surface area contributed by atoms with Crippen LogP contribution >= 0.6 is 9.39 Å². The molecule has 0 amide bonds. The summed E-state index contributed by atoms with van der Waals surface area (Å²) in [6.07, 6.45) is 0.780. The van der Waals surface area contributed by atoms with Crippen LogP contribution in [0.2, 0.25) is 0 Å². The van der Waals surface area contributed by atoms with Gasteiger partial charge in [0.25, 0.3) is 0 Å². The van der Waals surface area contributed by atoms with Crippen molar-refractivity contribution < 1.29 is 12.6 Å². The molecule has 1 unspecified atom stereocenters. The van der Waals surface area contributed by atoms with Gasteiger partial charge in [0.1, 0.15) is 0 Å². The molecule has 1 rings (SSSR count). The Morgan fingerprint density at radius 3 is 2.60 bits per heavy atom. The molecule has 1 heterocycles. The molecule has 0 bridgehead atoms. The largest absolute Gasteiger partial charge is 0.341 e. The van der Waals surface area contributed by atoms with Crippen molar-refractivity contribution in [3.05, 3.63) is 0 Å². The average Bonchev–Trinajstić information content (AvgIpc) is 2.10. The average molecular weight is 183 g/mol. The Bertz CT molecular complexity index is 215. The maximum atomic E-state index is 10.8. The molecule has 0 aliphatic carbocycles. The van der Waals surface area contributed by atoms with E-state index in [4.69, 9.17) is 0 Å². The smallest absolute Gasteiger partial charge is 0.256 e. The zero-order chi connectivity index (χ0) is 7.78. The molecule has 6 heteroatoms. The summed E-state index contributed by atoms with van der Waals surface area (Å²) in [7, 11) is -1.24. The van der Waals surface area contributed by atoms with E-state index < -0.39 is 10.3 Å². The SMILES string of the molecule is CC[C@@H]1COS(=O)(=O)N1P. The van der Waals surface area contributed by atoms with Crippen LogP contribution in [-0.4, -0.2) is 25.1 Å². The van der Waals surface area contributed by atoms with Crippen LogP contribution in [0.15, 0.2) is 0 Å². The van der Waals surface area contributed by atoms with Crippen molar-refractivity contribution in [1.82, 2.24) is 4.08 Å². The molecular weight excluding hydrogens is 173 g/mol. The van der Waals surface area contributed by atoms with Crippen molar-refractivity contribution in [2.24, 2.45) is 0 Å². The maximum absolute atomic E-state index is 10.8. The fourth-order valence-corrected chi connectivity index (χ4v) is 2.28. The van der Waals surface area contributed by atoms with Crippen LogP contribution in [0.5, 0.6) is 0 Å². The second-order valence-electron chi connectivity index (χ2n) is 2.13. The molecule has 0 radical (unpaired) electrons. The molecule has 1 aliphatic heterocycles. The lowest BCUT2D eigenvalue weighted by atomic mass is 10.3. The summed E-state index contributed by atoms with van der Waals surface area (Å²) in [5, 5.41) is 0. The van der Waals surface area contributed by atoms with E-state index in [0.717, 1.165) is 6.42 Å². The highest BCUT2D eigenvalue weighted by atomic mass is 32.2. The highest BCUT2D eigenvalue weighted by Gasteiger charge is 2.34. The highest BCUT2D eigenvalue weighted by molar-refractivity contribution is 7.87. The Balaban J connectivity index is 2.77. The van der Waals surface area contributed by atoms with Crippen molar-refractivity contribution in [1.29, 1.82) is 0 Å². The van der Waals surface area contributed by atoms with E-state index in [0.29, 0.717) is 0 Å². The first kappa shape index (κ1) is 8.40. The van der Waals surface area contributed by atoms with Gasteiger partial charge in [0.15, 0.2) is 0 Å². The van der Waals surface area contributed by atoms with Gasteiger partial charge in [-0.25, -0.2) is 0 Å². The van der Waals surface area contributed by atoms with Gasteiger partial charge in [-0.3, -0.25) is 4.18 Å². The zero-order valence-corrected chi connectivity index (χ0v) is 7.62. The van der Waals surface area contributed by atoms with Gasteiger partial charge >= 0.3 is 10.3 Å². The Morgan fingerprint density at radius 2 is 2.40 bits per heavy atom. The third kappa shape index (κ3) is 1.32. The van der Waals surface area contributed by atoms with Gasteiger partial charge in [-0.2, -0.15) is 12.5 Å². The Hall–Kier alpha value is 0.300. The van der Waals surface area contributed by atoms with Crippen LogP contribution in [0.25, 0.3) is 0 Å². The normalized spacial score (nSPS) is 32.8. The minimum absolute atomic E-state index is 0.00463.